The molecule has 0 aliphatic carbocycles. The highest BCUT2D eigenvalue weighted by atomic mass is 16.1. The van der Waals surface area contributed by atoms with E-state index in [1.807, 2.05) is 0 Å². The minimum atomic E-state index is -0.575. The number of hydrogen-bond acceptors (Lipinski definition) is 3. The van der Waals surface area contributed by atoms with Crippen molar-refractivity contribution in [3.63, 3.8) is 0 Å². The molecule has 4 heteroatoms. The summed E-state index contributed by atoms with van der Waals surface area (Å²) in [6.45, 7) is 1.59. The zero-order valence-corrected chi connectivity index (χ0v) is 5.26. The molecule has 0 spiro atoms. The third kappa shape index (κ3) is 4.96. The van der Waals surface area contributed by atoms with Crippen LogP contribution in [0.25, 0.3) is 0 Å². The summed E-state index contributed by atoms with van der Waals surface area (Å²) in [7, 11) is 0. The van der Waals surface area contributed by atoms with Crippen LogP contribution in [0.4, 0.5) is 0 Å². The van der Waals surface area contributed by atoms with Gasteiger partial charge in [-0.3, -0.25) is 4.79 Å². The Balaban J connectivity index is 3.26. The average Bonchev–Trinajstić information content (AvgIpc) is 1.83. The third-order valence-corrected chi connectivity index (χ3v) is 0.762. The molecule has 0 heterocycles. The fourth-order valence-corrected chi connectivity index (χ4v) is 0.310. The van der Waals surface area contributed by atoms with Crippen molar-refractivity contribution < 1.29 is 9.59 Å². The zero-order chi connectivity index (χ0) is 7.28. The number of carbonyl (C=O) groups is 2. The lowest BCUT2D eigenvalue weighted by molar-refractivity contribution is -0.119. The van der Waals surface area contributed by atoms with E-state index in [1.54, 1.807) is 0 Å². The normalized spacial score (nSPS) is 12.2. The molecule has 1 amide bonds. The zero-order valence-electron chi connectivity index (χ0n) is 5.26. The second-order valence-electron chi connectivity index (χ2n) is 1.74. The van der Waals surface area contributed by atoms with Crippen LogP contribution in [0.3, 0.4) is 0 Å². The van der Waals surface area contributed by atoms with Crippen molar-refractivity contribution in [2.75, 3.05) is 6.54 Å². The van der Waals surface area contributed by atoms with E-state index in [1.165, 1.54) is 6.92 Å². The molecule has 0 aromatic rings. The quantitative estimate of drug-likeness (QED) is 0.464. The number of nitrogens with one attached hydrogen (secondary N) is 1. The van der Waals surface area contributed by atoms with Gasteiger partial charge in [0.1, 0.15) is 6.29 Å². The Bertz CT molecular complexity index is 114. The number of aldehydes is 1. The van der Waals surface area contributed by atoms with Crippen LogP contribution in [0.1, 0.15) is 6.92 Å². The van der Waals surface area contributed by atoms with E-state index in [9.17, 15) is 9.59 Å². The Morgan fingerprint density at radius 3 is 2.78 bits per heavy atom. The molecule has 0 fully saturated rings. The Kier molecular flexibility index (Phi) is 3.62. The standard InChI is InChI=1S/C5H10N2O2/c1-4(9)7-2-5(6)3-8/h3,5H,2,6H2,1H3,(H,7,9). The van der Waals surface area contributed by atoms with Gasteiger partial charge in [-0.25, -0.2) is 0 Å². The molecule has 0 radical (unpaired) electrons. The van der Waals surface area contributed by atoms with E-state index >= 15 is 0 Å². The maximum atomic E-state index is 10.2. The fraction of sp³-hybridized carbons (Fsp3) is 0.600. The maximum Gasteiger partial charge on any atom is 0.216 e. The average molecular weight is 130 g/mol. The summed E-state index contributed by atoms with van der Waals surface area (Å²) in [5.74, 6) is -0.174. The molecule has 1 atom stereocenters. The highest BCUT2D eigenvalue weighted by molar-refractivity contribution is 5.73. The predicted octanol–water partition coefficient (Wildman–Crippen LogP) is -1.35. The smallest absolute Gasteiger partial charge is 0.216 e. The van der Waals surface area contributed by atoms with Gasteiger partial charge in [0, 0.05) is 13.5 Å². The van der Waals surface area contributed by atoms with Crippen LogP contribution in [0.15, 0.2) is 0 Å². The predicted molar refractivity (Wildman–Crippen MR) is 32.7 cm³/mol. The Morgan fingerprint density at radius 2 is 2.44 bits per heavy atom. The van der Waals surface area contributed by atoms with E-state index in [0.29, 0.717) is 6.29 Å². The second kappa shape index (κ2) is 4.03. The van der Waals surface area contributed by atoms with Crippen molar-refractivity contribution in [1.82, 2.24) is 5.32 Å². The van der Waals surface area contributed by atoms with E-state index < -0.39 is 6.04 Å². The summed E-state index contributed by atoms with van der Waals surface area (Å²) >= 11 is 0. The molecule has 0 aliphatic rings. The van der Waals surface area contributed by atoms with Crippen molar-refractivity contribution in [3.8, 4) is 0 Å². The van der Waals surface area contributed by atoms with Crippen molar-refractivity contribution in [2.45, 2.75) is 13.0 Å². The molecule has 0 rings (SSSR count). The summed E-state index contributed by atoms with van der Waals surface area (Å²) in [5.41, 5.74) is 5.14. The maximum absolute atomic E-state index is 10.2. The number of amides is 1. The van der Waals surface area contributed by atoms with Crippen LogP contribution in [-0.2, 0) is 9.59 Å². The molecule has 4 nitrogen and oxygen atoms in total. The van der Waals surface area contributed by atoms with E-state index in [-0.39, 0.29) is 12.5 Å². The Hall–Kier alpha value is -0.900. The lowest BCUT2D eigenvalue weighted by atomic mass is 10.3. The minimum absolute atomic E-state index is 0.174. The molecule has 0 saturated heterocycles. The number of nitrogens with two attached hydrogens (primary N) is 1. The lowest BCUT2D eigenvalue weighted by Crippen LogP contribution is -2.36. The molecule has 1 unspecified atom stereocenters. The number of hydrogen-bond donors (Lipinski definition) is 2. The van der Waals surface area contributed by atoms with Gasteiger partial charge in [-0.15, -0.1) is 0 Å². The molecule has 0 aliphatic heterocycles. The Labute approximate surface area is 53.4 Å². The summed E-state index contributed by atoms with van der Waals surface area (Å²) in [6.07, 6.45) is 0.593. The first-order chi connectivity index (χ1) is 4.16. The monoisotopic (exact) mass is 130 g/mol. The molecule has 0 bridgehead atoms. The van der Waals surface area contributed by atoms with Gasteiger partial charge in [-0.1, -0.05) is 0 Å². The molecule has 0 aromatic heterocycles. The van der Waals surface area contributed by atoms with Gasteiger partial charge < -0.3 is 15.8 Å². The molecular formula is C5H10N2O2. The summed E-state index contributed by atoms with van der Waals surface area (Å²) in [5, 5.41) is 2.40. The summed E-state index contributed by atoms with van der Waals surface area (Å²) in [6, 6.07) is -0.575. The topological polar surface area (TPSA) is 72.2 Å². The van der Waals surface area contributed by atoms with Crippen molar-refractivity contribution in [1.29, 1.82) is 0 Å². The third-order valence-electron chi connectivity index (χ3n) is 0.762. The Morgan fingerprint density at radius 1 is 1.89 bits per heavy atom. The van der Waals surface area contributed by atoms with Crippen molar-refractivity contribution in [3.05, 3.63) is 0 Å². The van der Waals surface area contributed by atoms with Gasteiger partial charge >= 0.3 is 0 Å². The number of rotatable bonds is 3. The van der Waals surface area contributed by atoms with Gasteiger partial charge in [-0.2, -0.15) is 0 Å². The first kappa shape index (κ1) is 8.10. The van der Waals surface area contributed by atoms with Gasteiger partial charge in [0.05, 0.1) is 6.04 Å². The number of carbonyl (C=O) groups excluding carboxylic acids is 2. The van der Waals surface area contributed by atoms with E-state index in [2.05, 4.69) is 5.32 Å². The molecule has 0 saturated carbocycles. The second-order valence-corrected chi connectivity index (χ2v) is 1.74. The van der Waals surface area contributed by atoms with Crippen LogP contribution < -0.4 is 11.1 Å². The van der Waals surface area contributed by atoms with Gasteiger partial charge in [0.25, 0.3) is 0 Å². The van der Waals surface area contributed by atoms with E-state index in [4.69, 9.17) is 5.73 Å². The van der Waals surface area contributed by atoms with Crippen LogP contribution >= 0.6 is 0 Å². The lowest BCUT2D eigenvalue weighted by Gasteiger charge is -2.02. The SMILES string of the molecule is CC(=O)NCC(N)C=O. The van der Waals surface area contributed by atoms with Crippen LogP contribution in [0.5, 0.6) is 0 Å². The van der Waals surface area contributed by atoms with Crippen LogP contribution in [-0.4, -0.2) is 24.8 Å². The first-order valence-corrected chi connectivity index (χ1v) is 2.62. The van der Waals surface area contributed by atoms with Gasteiger partial charge in [-0.05, 0) is 0 Å². The first-order valence-electron chi connectivity index (χ1n) is 2.62. The largest absolute Gasteiger partial charge is 0.354 e. The van der Waals surface area contributed by atoms with Gasteiger partial charge in [0.2, 0.25) is 5.91 Å². The molecular weight excluding hydrogens is 120 g/mol. The highest BCUT2D eigenvalue weighted by Crippen LogP contribution is 1.66. The van der Waals surface area contributed by atoms with Crippen LogP contribution in [0.2, 0.25) is 0 Å². The summed E-state index contributed by atoms with van der Waals surface area (Å²) < 4.78 is 0. The molecule has 9 heavy (non-hydrogen) atoms. The van der Waals surface area contributed by atoms with E-state index in [0.717, 1.165) is 0 Å². The molecule has 3 N–H and O–H groups in total. The molecule has 0 aromatic carbocycles. The molecule has 52 valence electrons. The minimum Gasteiger partial charge on any atom is -0.354 e. The highest BCUT2D eigenvalue weighted by Gasteiger charge is 1.98. The van der Waals surface area contributed by atoms with Crippen LogP contribution in [0, 0.1) is 0 Å². The summed E-state index contributed by atoms with van der Waals surface area (Å²) in [4.78, 5) is 20.0. The fourth-order valence-electron chi connectivity index (χ4n) is 0.310. The van der Waals surface area contributed by atoms with Gasteiger partial charge in [0.15, 0.2) is 0 Å². The van der Waals surface area contributed by atoms with Crippen molar-refractivity contribution in [2.24, 2.45) is 5.73 Å². The van der Waals surface area contributed by atoms with Crippen molar-refractivity contribution >= 4 is 12.2 Å².